The monoisotopic (exact) mass is 361 g/mol. The van der Waals surface area contributed by atoms with E-state index in [0.717, 1.165) is 11.1 Å². The molecule has 1 aliphatic heterocycles. The molecular weight excluding hydrogens is 342 g/mol. The average Bonchev–Trinajstić information content (AvgIpc) is 3.22. The van der Waals surface area contributed by atoms with Gasteiger partial charge in [-0.3, -0.25) is 0 Å². The zero-order valence-corrected chi connectivity index (χ0v) is 14.7. The van der Waals surface area contributed by atoms with Gasteiger partial charge >= 0.3 is 0 Å². The number of aliphatic hydroxyl groups is 1. The zero-order chi connectivity index (χ0) is 17.7. The number of β-amino-alcohol motifs (C(OH)–C–C–N with tert-alkyl or cyclic N) is 1. The third kappa shape index (κ3) is 2.80. The number of hydrogen-bond donors (Lipinski definition) is 1. The molecule has 0 saturated carbocycles. The molecule has 1 unspecified atom stereocenters. The number of rotatable bonds is 3. The van der Waals surface area contributed by atoms with E-state index in [-0.39, 0.29) is 25.4 Å². The third-order valence-corrected chi connectivity index (χ3v) is 6.80. The molecule has 8 heteroatoms. The van der Waals surface area contributed by atoms with Crippen molar-refractivity contribution in [3.05, 3.63) is 52.0 Å². The second-order valence-electron chi connectivity index (χ2n) is 6.58. The number of benzene rings is 1. The topological polar surface area (TPSA) is 96.5 Å². The van der Waals surface area contributed by atoms with Crippen LogP contribution in [-0.4, -0.2) is 41.1 Å². The Labute approximate surface area is 146 Å². The highest BCUT2D eigenvalue weighted by Crippen LogP contribution is 2.36. The van der Waals surface area contributed by atoms with Crippen molar-refractivity contribution in [2.24, 2.45) is 0 Å². The Morgan fingerprint density at radius 3 is 2.84 bits per heavy atom. The lowest BCUT2D eigenvalue weighted by atomic mass is 9.98. The Bertz CT molecular complexity index is 950. The van der Waals surface area contributed by atoms with Crippen LogP contribution in [0.25, 0.3) is 6.08 Å². The van der Waals surface area contributed by atoms with Crippen LogP contribution in [0.3, 0.4) is 0 Å². The molecule has 1 fully saturated rings. The average molecular weight is 361 g/mol. The first-order valence-corrected chi connectivity index (χ1v) is 9.64. The Morgan fingerprint density at radius 1 is 1.28 bits per heavy atom. The van der Waals surface area contributed by atoms with Gasteiger partial charge in [0.25, 0.3) is 5.89 Å². The minimum Gasteiger partial charge on any atom is -0.379 e. The SMILES string of the molecule is Cc1noc(C2(O)CCN(S(=O)(=O)C3=Cc4ccccc4CC3)C2)n1. The van der Waals surface area contributed by atoms with Crippen molar-refractivity contribution in [1.29, 1.82) is 0 Å². The Morgan fingerprint density at radius 2 is 2.08 bits per heavy atom. The number of allylic oxidation sites excluding steroid dienone is 1. The molecule has 1 aliphatic carbocycles. The first-order valence-electron chi connectivity index (χ1n) is 8.20. The third-order valence-electron chi connectivity index (χ3n) is 4.82. The summed E-state index contributed by atoms with van der Waals surface area (Å²) in [5.41, 5.74) is 0.664. The molecule has 2 heterocycles. The summed E-state index contributed by atoms with van der Waals surface area (Å²) in [5, 5.41) is 14.4. The zero-order valence-electron chi connectivity index (χ0n) is 13.8. The van der Waals surface area contributed by atoms with Gasteiger partial charge in [0, 0.05) is 13.0 Å². The van der Waals surface area contributed by atoms with Gasteiger partial charge in [-0.1, -0.05) is 29.4 Å². The van der Waals surface area contributed by atoms with Crippen molar-refractivity contribution in [1.82, 2.24) is 14.4 Å². The van der Waals surface area contributed by atoms with Gasteiger partial charge in [-0.25, -0.2) is 8.42 Å². The number of aryl methyl sites for hydroxylation is 2. The number of fused-ring (bicyclic) bond motifs is 1. The van der Waals surface area contributed by atoms with Crippen LogP contribution in [0.5, 0.6) is 0 Å². The highest BCUT2D eigenvalue weighted by molar-refractivity contribution is 7.93. The summed E-state index contributed by atoms with van der Waals surface area (Å²) in [5.74, 6) is 0.488. The summed E-state index contributed by atoms with van der Waals surface area (Å²) in [6.45, 7) is 1.80. The van der Waals surface area contributed by atoms with E-state index >= 15 is 0 Å². The van der Waals surface area contributed by atoms with E-state index in [9.17, 15) is 13.5 Å². The molecule has 0 amide bonds. The van der Waals surface area contributed by atoms with Crippen LogP contribution in [-0.2, 0) is 22.0 Å². The fourth-order valence-electron chi connectivity index (χ4n) is 3.40. The predicted molar refractivity (Wildman–Crippen MR) is 90.8 cm³/mol. The van der Waals surface area contributed by atoms with E-state index in [4.69, 9.17) is 4.52 Å². The van der Waals surface area contributed by atoms with Crippen LogP contribution in [0.15, 0.2) is 33.7 Å². The van der Waals surface area contributed by atoms with Gasteiger partial charge in [0.05, 0.1) is 11.4 Å². The first-order chi connectivity index (χ1) is 11.9. The molecule has 2 aliphatic rings. The van der Waals surface area contributed by atoms with Crippen LogP contribution in [0, 0.1) is 6.92 Å². The van der Waals surface area contributed by atoms with Crippen molar-refractivity contribution < 1.29 is 18.0 Å². The first kappa shape index (κ1) is 16.4. The molecule has 0 bridgehead atoms. The van der Waals surface area contributed by atoms with Gasteiger partial charge < -0.3 is 9.63 Å². The lowest BCUT2D eigenvalue weighted by molar-refractivity contribution is 0.0194. The van der Waals surface area contributed by atoms with E-state index < -0.39 is 15.6 Å². The van der Waals surface area contributed by atoms with Crippen LogP contribution in [0.1, 0.15) is 35.7 Å². The Kier molecular flexibility index (Phi) is 3.78. The molecule has 1 saturated heterocycles. The van der Waals surface area contributed by atoms with E-state index in [1.165, 1.54) is 4.31 Å². The molecule has 2 aromatic rings. The van der Waals surface area contributed by atoms with Crippen LogP contribution in [0.4, 0.5) is 0 Å². The Hall–Kier alpha value is -2.03. The summed E-state index contributed by atoms with van der Waals surface area (Å²) in [4.78, 5) is 4.45. The van der Waals surface area contributed by atoms with Crippen LogP contribution >= 0.6 is 0 Å². The molecule has 132 valence electrons. The molecule has 25 heavy (non-hydrogen) atoms. The minimum atomic E-state index is -3.63. The maximum absolute atomic E-state index is 13.0. The highest BCUT2D eigenvalue weighted by atomic mass is 32.2. The van der Waals surface area contributed by atoms with Crippen molar-refractivity contribution in [2.45, 2.75) is 31.8 Å². The van der Waals surface area contributed by atoms with Gasteiger partial charge in [-0.05, 0) is 37.0 Å². The van der Waals surface area contributed by atoms with Gasteiger partial charge in [-0.2, -0.15) is 9.29 Å². The number of aromatic nitrogens is 2. The van der Waals surface area contributed by atoms with Crippen molar-refractivity contribution in [2.75, 3.05) is 13.1 Å². The molecule has 0 radical (unpaired) electrons. The van der Waals surface area contributed by atoms with Crippen molar-refractivity contribution in [3.63, 3.8) is 0 Å². The lowest BCUT2D eigenvalue weighted by Gasteiger charge is -2.23. The number of sulfonamides is 1. The maximum Gasteiger partial charge on any atom is 0.260 e. The van der Waals surface area contributed by atoms with Crippen molar-refractivity contribution in [3.8, 4) is 0 Å². The van der Waals surface area contributed by atoms with E-state index in [1.807, 2.05) is 24.3 Å². The molecule has 0 spiro atoms. The van der Waals surface area contributed by atoms with Gasteiger partial charge in [-0.15, -0.1) is 0 Å². The normalized spacial score (nSPS) is 24.2. The van der Waals surface area contributed by atoms with Gasteiger partial charge in [0.15, 0.2) is 11.4 Å². The molecular formula is C17H19N3O4S. The minimum absolute atomic E-state index is 0.0735. The molecule has 4 rings (SSSR count). The van der Waals surface area contributed by atoms with Gasteiger partial charge in [0.1, 0.15) is 0 Å². The summed E-state index contributed by atoms with van der Waals surface area (Å²) in [6, 6.07) is 7.80. The smallest absolute Gasteiger partial charge is 0.260 e. The fourth-order valence-corrected chi connectivity index (χ4v) is 5.08. The highest BCUT2D eigenvalue weighted by Gasteiger charge is 2.47. The van der Waals surface area contributed by atoms with E-state index in [2.05, 4.69) is 10.1 Å². The molecule has 1 N–H and O–H groups in total. The largest absolute Gasteiger partial charge is 0.379 e. The summed E-state index contributed by atoms with van der Waals surface area (Å²) < 4.78 is 32.4. The summed E-state index contributed by atoms with van der Waals surface area (Å²) in [7, 11) is -3.63. The van der Waals surface area contributed by atoms with E-state index in [1.54, 1.807) is 13.0 Å². The molecule has 7 nitrogen and oxygen atoms in total. The summed E-state index contributed by atoms with van der Waals surface area (Å²) >= 11 is 0. The van der Waals surface area contributed by atoms with Crippen LogP contribution in [0.2, 0.25) is 0 Å². The molecule has 1 aromatic heterocycles. The van der Waals surface area contributed by atoms with E-state index in [0.29, 0.717) is 23.6 Å². The van der Waals surface area contributed by atoms with Gasteiger partial charge in [0.2, 0.25) is 10.0 Å². The summed E-state index contributed by atoms with van der Waals surface area (Å²) in [6.07, 6.45) is 3.14. The van der Waals surface area contributed by atoms with Crippen molar-refractivity contribution >= 4 is 16.1 Å². The van der Waals surface area contributed by atoms with Crippen LogP contribution < -0.4 is 0 Å². The number of hydrogen-bond acceptors (Lipinski definition) is 6. The predicted octanol–water partition coefficient (Wildman–Crippen LogP) is 1.59. The maximum atomic E-state index is 13.0. The number of nitrogens with zero attached hydrogens (tertiary/aromatic N) is 3. The standard InChI is InChI=1S/C17H19N3O4S/c1-12-18-16(24-19-12)17(21)8-9-20(11-17)25(22,23)15-7-6-13-4-2-3-5-14(13)10-15/h2-5,10,21H,6-9,11H2,1H3. The quantitative estimate of drug-likeness (QED) is 0.892. The fraction of sp³-hybridized carbons (Fsp3) is 0.412. The second-order valence-corrected chi connectivity index (χ2v) is 8.57. The Balaban J connectivity index is 1.61. The lowest BCUT2D eigenvalue weighted by Crippen LogP contribution is -2.35. The molecule has 1 aromatic carbocycles. The second kappa shape index (κ2) is 5.76. The molecule has 1 atom stereocenters.